The van der Waals surface area contributed by atoms with Crippen LogP contribution in [-0.4, -0.2) is 25.9 Å². The summed E-state index contributed by atoms with van der Waals surface area (Å²) in [5, 5.41) is 5.92. The van der Waals surface area contributed by atoms with Crippen LogP contribution in [0.15, 0.2) is 33.6 Å². The highest BCUT2D eigenvalue weighted by atomic mass is 32.2. The summed E-state index contributed by atoms with van der Waals surface area (Å²) in [6.45, 7) is 0. The Bertz CT molecular complexity index is 756. The number of nitrogens with zero attached hydrogens (tertiary/aromatic N) is 2. The summed E-state index contributed by atoms with van der Waals surface area (Å²) in [6.07, 6.45) is 2.25. The Morgan fingerprint density at radius 1 is 1.50 bits per heavy atom. The van der Waals surface area contributed by atoms with Gasteiger partial charge in [-0.3, -0.25) is 5.43 Å². The quantitative estimate of drug-likeness (QED) is 0.661. The molecule has 2 rings (SSSR count). The van der Waals surface area contributed by atoms with Gasteiger partial charge in [0.25, 0.3) is 0 Å². The summed E-state index contributed by atoms with van der Waals surface area (Å²) in [5.74, 6) is -0.298. The topological polar surface area (TPSA) is 97.4 Å². The maximum absolute atomic E-state index is 13.7. The highest BCUT2D eigenvalue weighted by molar-refractivity contribution is 7.90. The molecule has 0 saturated carbocycles. The summed E-state index contributed by atoms with van der Waals surface area (Å²) in [6, 6.07) is 3.62. The molecule has 6 nitrogen and oxygen atoms in total. The summed E-state index contributed by atoms with van der Waals surface area (Å²) in [5.41, 5.74) is 8.19. The number of aromatic nitrogens is 1. The number of rotatable bonds is 4. The van der Waals surface area contributed by atoms with Crippen molar-refractivity contribution >= 4 is 38.3 Å². The number of nitrogen functional groups attached to an aromatic ring is 1. The van der Waals surface area contributed by atoms with E-state index in [9.17, 15) is 12.8 Å². The normalized spacial score (nSPS) is 11.9. The van der Waals surface area contributed by atoms with Gasteiger partial charge in [-0.05, 0) is 18.2 Å². The number of halogens is 1. The molecule has 0 amide bonds. The van der Waals surface area contributed by atoms with Gasteiger partial charge in [-0.2, -0.15) is 5.10 Å². The molecular weight excluding hydrogens is 303 g/mol. The van der Waals surface area contributed by atoms with Crippen LogP contribution >= 0.6 is 11.3 Å². The molecule has 106 valence electrons. The lowest BCUT2D eigenvalue weighted by molar-refractivity contribution is 0.595. The second-order valence-corrected chi connectivity index (χ2v) is 6.78. The molecule has 0 bridgehead atoms. The van der Waals surface area contributed by atoms with Gasteiger partial charge >= 0.3 is 0 Å². The van der Waals surface area contributed by atoms with Crippen molar-refractivity contribution in [3.63, 3.8) is 0 Å². The summed E-state index contributed by atoms with van der Waals surface area (Å²) >= 11 is 1.26. The first-order valence-corrected chi connectivity index (χ1v) is 8.13. The van der Waals surface area contributed by atoms with Crippen LogP contribution < -0.4 is 11.2 Å². The molecule has 0 aliphatic rings. The zero-order valence-electron chi connectivity index (χ0n) is 10.4. The predicted octanol–water partition coefficient (Wildman–Crippen LogP) is 1.71. The van der Waals surface area contributed by atoms with Crippen molar-refractivity contribution < 1.29 is 12.8 Å². The zero-order chi connectivity index (χ0) is 14.8. The number of benzene rings is 1. The average molecular weight is 314 g/mol. The van der Waals surface area contributed by atoms with E-state index in [4.69, 9.17) is 5.73 Å². The summed E-state index contributed by atoms with van der Waals surface area (Å²) in [4.78, 5) is 3.83. The van der Waals surface area contributed by atoms with Crippen molar-refractivity contribution in [2.45, 2.75) is 4.90 Å². The maximum Gasteiger partial charge on any atom is 0.205 e. The van der Waals surface area contributed by atoms with E-state index in [1.54, 1.807) is 5.38 Å². The molecule has 0 fully saturated rings. The van der Waals surface area contributed by atoms with E-state index in [-0.39, 0.29) is 10.5 Å². The van der Waals surface area contributed by atoms with Gasteiger partial charge in [0.1, 0.15) is 11.6 Å². The van der Waals surface area contributed by atoms with Crippen molar-refractivity contribution in [2.75, 3.05) is 17.4 Å². The molecule has 2 aromatic rings. The molecule has 0 saturated heterocycles. The molecule has 1 heterocycles. The lowest BCUT2D eigenvalue weighted by Gasteiger charge is -2.01. The number of hydrogen-bond acceptors (Lipinski definition) is 7. The van der Waals surface area contributed by atoms with Crippen molar-refractivity contribution in [3.05, 3.63) is 35.0 Å². The van der Waals surface area contributed by atoms with Gasteiger partial charge in [-0.1, -0.05) is 0 Å². The Morgan fingerprint density at radius 3 is 2.80 bits per heavy atom. The zero-order valence-corrected chi connectivity index (χ0v) is 12.0. The fraction of sp³-hybridized carbons (Fsp3) is 0.0909. The first-order chi connectivity index (χ1) is 9.36. The van der Waals surface area contributed by atoms with Crippen LogP contribution in [0.1, 0.15) is 5.56 Å². The molecule has 20 heavy (non-hydrogen) atoms. The van der Waals surface area contributed by atoms with E-state index in [0.29, 0.717) is 10.9 Å². The fourth-order valence-corrected chi connectivity index (χ4v) is 2.52. The fourth-order valence-electron chi connectivity index (χ4n) is 1.34. The summed E-state index contributed by atoms with van der Waals surface area (Å²) in [7, 11) is -3.43. The van der Waals surface area contributed by atoms with Crippen LogP contribution in [0.5, 0.6) is 0 Å². The minimum atomic E-state index is -3.43. The van der Waals surface area contributed by atoms with E-state index in [1.807, 2.05) is 0 Å². The third-order valence-electron chi connectivity index (χ3n) is 2.29. The standard InChI is InChI=1S/C11H11FN4O2S2/c1-20(17,18)8-3-2-7(9(12)4-8)5-14-16-11-15-10(13)6-19-11/h2-6H,13H2,1H3,(H,15,16). The number of sulfone groups is 1. The van der Waals surface area contributed by atoms with Gasteiger partial charge in [-0.25, -0.2) is 17.8 Å². The highest BCUT2D eigenvalue weighted by Gasteiger charge is 2.10. The van der Waals surface area contributed by atoms with Crippen LogP contribution in [0.4, 0.5) is 15.3 Å². The number of nitrogens with two attached hydrogens (primary N) is 1. The van der Waals surface area contributed by atoms with Gasteiger partial charge in [-0.15, -0.1) is 11.3 Å². The Hall–Kier alpha value is -2.00. The Morgan fingerprint density at radius 2 is 2.25 bits per heavy atom. The number of nitrogens with one attached hydrogen (secondary N) is 1. The van der Waals surface area contributed by atoms with E-state index < -0.39 is 15.7 Å². The maximum atomic E-state index is 13.7. The first-order valence-electron chi connectivity index (χ1n) is 5.36. The number of hydrazone groups is 1. The van der Waals surface area contributed by atoms with Gasteiger partial charge in [0.05, 0.1) is 11.1 Å². The van der Waals surface area contributed by atoms with Crippen LogP contribution in [0.3, 0.4) is 0 Å². The van der Waals surface area contributed by atoms with Crippen LogP contribution in [-0.2, 0) is 9.84 Å². The highest BCUT2D eigenvalue weighted by Crippen LogP contribution is 2.17. The third-order valence-corrected chi connectivity index (χ3v) is 4.16. The van der Waals surface area contributed by atoms with Crippen LogP contribution in [0, 0.1) is 5.82 Å². The molecule has 3 N–H and O–H groups in total. The van der Waals surface area contributed by atoms with E-state index >= 15 is 0 Å². The molecule has 0 aliphatic heterocycles. The van der Waals surface area contributed by atoms with Crippen molar-refractivity contribution in [1.82, 2.24) is 4.98 Å². The average Bonchev–Trinajstić information content (AvgIpc) is 2.76. The molecule has 0 atom stereocenters. The van der Waals surface area contributed by atoms with E-state index in [1.165, 1.54) is 29.7 Å². The Kier molecular flexibility index (Phi) is 4.00. The Balaban J connectivity index is 2.14. The van der Waals surface area contributed by atoms with Gasteiger partial charge in [0, 0.05) is 17.2 Å². The lowest BCUT2D eigenvalue weighted by atomic mass is 10.2. The Labute approximate surface area is 119 Å². The van der Waals surface area contributed by atoms with Crippen LogP contribution in [0.2, 0.25) is 0 Å². The van der Waals surface area contributed by atoms with E-state index in [0.717, 1.165) is 12.3 Å². The first kappa shape index (κ1) is 14.4. The van der Waals surface area contributed by atoms with Gasteiger partial charge in [0.15, 0.2) is 9.84 Å². The minimum absolute atomic E-state index is 0.0761. The van der Waals surface area contributed by atoms with Gasteiger partial charge in [0.2, 0.25) is 5.13 Å². The van der Waals surface area contributed by atoms with Crippen molar-refractivity contribution in [3.8, 4) is 0 Å². The predicted molar refractivity (Wildman–Crippen MR) is 77.3 cm³/mol. The lowest BCUT2D eigenvalue weighted by Crippen LogP contribution is -2.00. The molecular formula is C11H11FN4O2S2. The van der Waals surface area contributed by atoms with Crippen molar-refractivity contribution in [1.29, 1.82) is 0 Å². The largest absolute Gasteiger partial charge is 0.383 e. The van der Waals surface area contributed by atoms with Crippen molar-refractivity contribution in [2.24, 2.45) is 5.10 Å². The monoisotopic (exact) mass is 314 g/mol. The molecule has 1 aromatic heterocycles. The second-order valence-electron chi connectivity index (χ2n) is 3.90. The number of anilines is 2. The smallest absolute Gasteiger partial charge is 0.205 e. The third kappa shape index (κ3) is 3.52. The molecule has 9 heteroatoms. The molecule has 0 unspecified atom stereocenters. The molecule has 1 aromatic carbocycles. The second kappa shape index (κ2) is 5.55. The van der Waals surface area contributed by atoms with Crippen LogP contribution in [0.25, 0.3) is 0 Å². The minimum Gasteiger partial charge on any atom is -0.383 e. The molecule has 0 spiro atoms. The molecule has 0 aliphatic carbocycles. The molecule has 0 radical (unpaired) electrons. The number of thiazole rings is 1. The number of hydrogen-bond donors (Lipinski definition) is 2. The van der Waals surface area contributed by atoms with E-state index in [2.05, 4.69) is 15.5 Å². The van der Waals surface area contributed by atoms with Gasteiger partial charge < -0.3 is 5.73 Å². The summed E-state index contributed by atoms with van der Waals surface area (Å²) < 4.78 is 36.2. The SMILES string of the molecule is CS(=O)(=O)c1ccc(C=NNc2nc(N)cs2)c(F)c1.